The van der Waals surface area contributed by atoms with Crippen molar-refractivity contribution in [2.24, 2.45) is 0 Å². The second kappa shape index (κ2) is 60.0. The van der Waals surface area contributed by atoms with Crippen LogP contribution >= 0.6 is 0 Å². The molecule has 0 bridgehead atoms. The van der Waals surface area contributed by atoms with Crippen LogP contribution in [0, 0.1) is 0 Å². The van der Waals surface area contributed by atoms with E-state index in [1.54, 1.807) is 0 Å². The zero-order valence-corrected chi connectivity index (χ0v) is 47.8. The van der Waals surface area contributed by atoms with Crippen LogP contribution in [0.3, 0.4) is 0 Å². The number of unbranched alkanes of at least 4 members (excludes halogenated alkanes) is 49. The molecule has 0 aliphatic heterocycles. The predicted octanol–water partition coefficient (Wildman–Crippen LogP) is 21.5. The minimum absolute atomic E-state index is 0.0626. The number of ether oxygens (including phenoxy) is 3. The van der Waals surface area contributed by atoms with E-state index in [0.29, 0.717) is 19.3 Å². The molecule has 0 spiro atoms. The molecule has 0 radical (unpaired) electrons. The standard InChI is InChI=1S/C64H124O6/c1-4-7-10-13-15-17-19-21-23-25-26-27-28-29-30-31-32-33-34-35-36-37-38-39-41-42-44-46-48-51-54-57-63(66)69-60-61(59-68-62(65)56-53-50-12-9-6-3)70-64(67)58-55-52-49-47-45-43-40-24-22-20-18-16-14-11-8-5-2/h61H,4-60H2,1-3H3. The molecule has 6 nitrogen and oxygen atoms in total. The molecule has 0 saturated heterocycles. The van der Waals surface area contributed by atoms with E-state index in [9.17, 15) is 14.4 Å². The molecule has 0 aromatic carbocycles. The van der Waals surface area contributed by atoms with E-state index < -0.39 is 6.10 Å². The molecule has 0 amide bonds. The van der Waals surface area contributed by atoms with Crippen LogP contribution in [0.1, 0.15) is 374 Å². The van der Waals surface area contributed by atoms with E-state index in [1.807, 2.05) is 0 Å². The molecule has 0 saturated carbocycles. The summed E-state index contributed by atoms with van der Waals surface area (Å²) in [6, 6.07) is 0. The number of carbonyl (C=O) groups is 3. The van der Waals surface area contributed by atoms with Gasteiger partial charge >= 0.3 is 17.9 Å². The maximum Gasteiger partial charge on any atom is 0.306 e. The van der Waals surface area contributed by atoms with Crippen LogP contribution in [0.15, 0.2) is 0 Å². The van der Waals surface area contributed by atoms with Gasteiger partial charge in [-0.15, -0.1) is 0 Å². The number of hydrogen-bond acceptors (Lipinski definition) is 6. The molecule has 416 valence electrons. The zero-order valence-electron chi connectivity index (χ0n) is 47.8. The fraction of sp³-hybridized carbons (Fsp3) is 0.953. The van der Waals surface area contributed by atoms with Crippen molar-refractivity contribution in [2.75, 3.05) is 13.2 Å². The Morgan fingerprint density at radius 1 is 0.229 bits per heavy atom. The van der Waals surface area contributed by atoms with Gasteiger partial charge in [0.2, 0.25) is 0 Å². The molecule has 1 atom stereocenters. The Morgan fingerprint density at radius 2 is 0.386 bits per heavy atom. The molecule has 0 aromatic rings. The summed E-state index contributed by atoms with van der Waals surface area (Å²) in [4.78, 5) is 37.8. The van der Waals surface area contributed by atoms with Crippen molar-refractivity contribution in [1.29, 1.82) is 0 Å². The van der Waals surface area contributed by atoms with Crippen molar-refractivity contribution < 1.29 is 28.6 Å². The average Bonchev–Trinajstić information content (AvgIpc) is 3.36. The van der Waals surface area contributed by atoms with Gasteiger partial charge in [-0.05, 0) is 19.3 Å². The lowest BCUT2D eigenvalue weighted by molar-refractivity contribution is -0.167. The van der Waals surface area contributed by atoms with Gasteiger partial charge in [-0.1, -0.05) is 335 Å². The van der Waals surface area contributed by atoms with Crippen LogP contribution < -0.4 is 0 Å². The maximum atomic E-state index is 12.8. The molecule has 0 N–H and O–H groups in total. The molecular formula is C64H124O6. The van der Waals surface area contributed by atoms with Crippen molar-refractivity contribution in [3.8, 4) is 0 Å². The van der Waals surface area contributed by atoms with Gasteiger partial charge in [-0.2, -0.15) is 0 Å². The first-order valence-electron chi connectivity index (χ1n) is 32.0. The topological polar surface area (TPSA) is 78.9 Å². The molecule has 0 heterocycles. The highest BCUT2D eigenvalue weighted by molar-refractivity contribution is 5.71. The fourth-order valence-electron chi connectivity index (χ4n) is 10.0. The Kier molecular flexibility index (Phi) is 58.6. The third-order valence-electron chi connectivity index (χ3n) is 14.9. The lowest BCUT2D eigenvalue weighted by Crippen LogP contribution is -2.30. The van der Waals surface area contributed by atoms with Crippen LogP contribution in [0.4, 0.5) is 0 Å². The lowest BCUT2D eigenvalue weighted by Gasteiger charge is -2.18. The van der Waals surface area contributed by atoms with Crippen LogP contribution in [0.5, 0.6) is 0 Å². The summed E-state index contributed by atoms with van der Waals surface area (Å²) >= 11 is 0. The van der Waals surface area contributed by atoms with Gasteiger partial charge in [0.15, 0.2) is 6.10 Å². The van der Waals surface area contributed by atoms with Gasteiger partial charge in [-0.25, -0.2) is 0 Å². The number of rotatable bonds is 60. The molecule has 0 rings (SSSR count). The van der Waals surface area contributed by atoms with E-state index in [1.165, 1.54) is 270 Å². The summed E-state index contributed by atoms with van der Waals surface area (Å²) in [6.45, 7) is 6.63. The molecule has 1 unspecified atom stereocenters. The van der Waals surface area contributed by atoms with Gasteiger partial charge in [0, 0.05) is 19.3 Å². The smallest absolute Gasteiger partial charge is 0.306 e. The minimum Gasteiger partial charge on any atom is -0.462 e. The Bertz CT molecular complexity index is 1040. The predicted molar refractivity (Wildman–Crippen MR) is 303 cm³/mol. The first kappa shape index (κ1) is 68.4. The van der Waals surface area contributed by atoms with Gasteiger partial charge in [-0.3, -0.25) is 14.4 Å². The van der Waals surface area contributed by atoms with E-state index in [2.05, 4.69) is 20.8 Å². The van der Waals surface area contributed by atoms with Crippen molar-refractivity contribution in [3.63, 3.8) is 0 Å². The summed E-state index contributed by atoms with van der Waals surface area (Å²) < 4.78 is 16.8. The molecule has 0 aliphatic carbocycles. The van der Waals surface area contributed by atoms with Crippen molar-refractivity contribution in [3.05, 3.63) is 0 Å². The van der Waals surface area contributed by atoms with Crippen molar-refractivity contribution in [2.45, 2.75) is 380 Å². The van der Waals surface area contributed by atoms with Gasteiger partial charge in [0.05, 0.1) is 0 Å². The molecule has 0 fully saturated rings. The second-order valence-electron chi connectivity index (χ2n) is 22.1. The third-order valence-corrected chi connectivity index (χ3v) is 14.9. The molecule has 6 heteroatoms. The summed E-state index contributed by atoms with van der Waals surface area (Å²) in [5.74, 6) is -0.849. The monoisotopic (exact) mass is 989 g/mol. The lowest BCUT2D eigenvalue weighted by atomic mass is 10.0. The minimum atomic E-state index is -0.759. The van der Waals surface area contributed by atoms with Crippen molar-refractivity contribution in [1.82, 2.24) is 0 Å². The number of hydrogen-bond donors (Lipinski definition) is 0. The van der Waals surface area contributed by atoms with E-state index in [4.69, 9.17) is 14.2 Å². The first-order chi connectivity index (χ1) is 34.5. The fourth-order valence-corrected chi connectivity index (χ4v) is 10.0. The maximum absolute atomic E-state index is 12.8. The SMILES string of the molecule is CCCCCCCCCCCCCCCCCCCCCCCCCCCCCCCCCC(=O)OCC(COC(=O)CCCCCCC)OC(=O)CCCCCCCCCCCCCCCCCC. The van der Waals surface area contributed by atoms with Gasteiger partial charge in [0.25, 0.3) is 0 Å². The highest BCUT2D eigenvalue weighted by Crippen LogP contribution is 2.19. The normalized spacial score (nSPS) is 11.9. The van der Waals surface area contributed by atoms with E-state index in [0.717, 1.165) is 64.2 Å². The Hall–Kier alpha value is -1.59. The Labute approximate surface area is 438 Å². The molecule has 0 aromatic heterocycles. The summed E-state index contributed by atoms with van der Waals surface area (Å²) in [7, 11) is 0. The zero-order chi connectivity index (χ0) is 50.7. The highest BCUT2D eigenvalue weighted by atomic mass is 16.6. The molecule has 70 heavy (non-hydrogen) atoms. The van der Waals surface area contributed by atoms with Gasteiger partial charge in [0.1, 0.15) is 13.2 Å². The van der Waals surface area contributed by atoms with Crippen molar-refractivity contribution >= 4 is 17.9 Å². The quantitative estimate of drug-likeness (QED) is 0.0343. The second-order valence-corrected chi connectivity index (χ2v) is 22.1. The van der Waals surface area contributed by atoms with E-state index in [-0.39, 0.29) is 31.1 Å². The summed E-state index contributed by atoms with van der Waals surface area (Å²) in [6.07, 6.45) is 69.0. The van der Waals surface area contributed by atoms with Crippen LogP contribution in [0.25, 0.3) is 0 Å². The number of esters is 3. The van der Waals surface area contributed by atoms with Crippen LogP contribution in [0.2, 0.25) is 0 Å². The molecular weight excluding hydrogens is 865 g/mol. The number of carbonyl (C=O) groups excluding carboxylic acids is 3. The molecule has 0 aliphatic rings. The van der Waals surface area contributed by atoms with Crippen LogP contribution in [-0.4, -0.2) is 37.2 Å². The summed E-state index contributed by atoms with van der Waals surface area (Å²) in [5.41, 5.74) is 0. The van der Waals surface area contributed by atoms with Gasteiger partial charge < -0.3 is 14.2 Å². The highest BCUT2D eigenvalue weighted by Gasteiger charge is 2.19. The third kappa shape index (κ3) is 57.3. The average molecular weight is 990 g/mol. The van der Waals surface area contributed by atoms with Crippen LogP contribution in [-0.2, 0) is 28.6 Å². The van der Waals surface area contributed by atoms with E-state index >= 15 is 0 Å². The first-order valence-corrected chi connectivity index (χ1v) is 32.0. The Morgan fingerprint density at radius 3 is 0.571 bits per heavy atom. The largest absolute Gasteiger partial charge is 0.462 e. The Balaban J connectivity index is 3.86. The summed E-state index contributed by atoms with van der Waals surface area (Å²) in [5, 5.41) is 0.